The monoisotopic (exact) mass is 408 g/mol. The van der Waals surface area contributed by atoms with Gasteiger partial charge in [-0.25, -0.2) is 9.59 Å². The molecule has 0 bridgehead atoms. The van der Waals surface area contributed by atoms with Gasteiger partial charge in [0.1, 0.15) is 6.04 Å². The van der Waals surface area contributed by atoms with Crippen molar-refractivity contribution in [3.63, 3.8) is 0 Å². The minimum absolute atomic E-state index is 0.255. The Balaban J connectivity index is 1.64. The van der Waals surface area contributed by atoms with E-state index in [0.29, 0.717) is 29.5 Å². The highest BCUT2D eigenvalue weighted by molar-refractivity contribution is 5.92. The molecule has 30 heavy (non-hydrogen) atoms. The number of benzene rings is 2. The zero-order valence-corrected chi connectivity index (χ0v) is 17.1. The molecule has 1 unspecified atom stereocenters. The van der Waals surface area contributed by atoms with Gasteiger partial charge in [-0.1, -0.05) is 35.9 Å². The van der Waals surface area contributed by atoms with Crippen LogP contribution in [0.5, 0.6) is 0 Å². The number of amides is 2. The van der Waals surface area contributed by atoms with Crippen molar-refractivity contribution in [2.75, 3.05) is 11.9 Å². The van der Waals surface area contributed by atoms with Gasteiger partial charge < -0.3 is 19.8 Å². The lowest BCUT2D eigenvalue weighted by Crippen LogP contribution is -2.41. The van der Waals surface area contributed by atoms with Gasteiger partial charge in [0.15, 0.2) is 0 Å². The summed E-state index contributed by atoms with van der Waals surface area (Å²) in [7, 11) is 0. The molecule has 1 atom stereocenters. The number of hydrogen-bond acceptors (Lipinski definition) is 6. The summed E-state index contributed by atoms with van der Waals surface area (Å²) < 4.78 is 10.6. The number of carbonyl (C=O) groups excluding carboxylic acids is 2. The van der Waals surface area contributed by atoms with Crippen molar-refractivity contribution in [3.8, 4) is 11.5 Å². The van der Waals surface area contributed by atoms with E-state index in [0.717, 1.165) is 5.56 Å². The Morgan fingerprint density at radius 1 is 1.13 bits per heavy atom. The van der Waals surface area contributed by atoms with E-state index in [1.807, 2.05) is 37.3 Å². The van der Waals surface area contributed by atoms with Crippen molar-refractivity contribution >= 4 is 17.7 Å². The second kappa shape index (κ2) is 9.69. The van der Waals surface area contributed by atoms with Crippen LogP contribution >= 0.6 is 0 Å². The van der Waals surface area contributed by atoms with Crippen LogP contribution in [0.1, 0.15) is 30.9 Å². The third-order valence-corrected chi connectivity index (χ3v) is 4.30. The first-order valence-corrected chi connectivity index (χ1v) is 9.67. The Labute approximate surface area is 174 Å². The van der Waals surface area contributed by atoms with Gasteiger partial charge in [0, 0.05) is 11.3 Å². The van der Waals surface area contributed by atoms with Crippen LogP contribution in [0, 0.1) is 6.92 Å². The fraction of sp³-hybridized carbons (Fsp3) is 0.273. The van der Waals surface area contributed by atoms with Crippen molar-refractivity contribution in [3.05, 3.63) is 65.5 Å². The highest BCUT2D eigenvalue weighted by Crippen LogP contribution is 2.22. The summed E-state index contributed by atoms with van der Waals surface area (Å²) in [5, 5.41) is 13.4. The molecule has 0 radical (unpaired) electrons. The average Bonchev–Trinajstić information content (AvgIpc) is 3.18. The number of nitrogens with one attached hydrogen (secondary N) is 2. The molecule has 1 heterocycles. The maximum absolute atomic E-state index is 12.1. The largest absolute Gasteiger partial charge is 0.464 e. The summed E-state index contributed by atoms with van der Waals surface area (Å²) in [5.74, 6) is 0.377. The van der Waals surface area contributed by atoms with Crippen LogP contribution in [0.4, 0.5) is 10.5 Å². The van der Waals surface area contributed by atoms with Crippen molar-refractivity contribution < 1.29 is 18.7 Å². The normalized spacial score (nSPS) is 11.6. The lowest BCUT2D eigenvalue weighted by molar-refractivity contribution is -0.144. The first kappa shape index (κ1) is 21.0. The average molecular weight is 408 g/mol. The zero-order valence-electron chi connectivity index (χ0n) is 17.1. The van der Waals surface area contributed by atoms with Crippen LogP contribution in [0.2, 0.25) is 0 Å². The molecular formula is C22H24N4O4. The van der Waals surface area contributed by atoms with Crippen LogP contribution < -0.4 is 10.6 Å². The Morgan fingerprint density at radius 3 is 2.63 bits per heavy atom. The van der Waals surface area contributed by atoms with Crippen LogP contribution in [0.25, 0.3) is 11.5 Å². The molecule has 1 aromatic heterocycles. The standard InChI is InChI=1S/C22H24N4O4/c1-4-29-21(27)15(3)23-22(28)24-18-7-5-6-17(13-18)20-26-25-19(30-20)12-16-10-8-14(2)9-11-16/h5-11,13,15H,4,12H2,1-3H3,(H2,23,24,28). The number of nitrogens with zero attached hydrogens (tertiary/aromatic N) is 2. The number of urea groups is 1. The first-order valence-electron chi connectivity index (χ1n) is 9.67. The number of rotatable bonds is 7. The molecule has 2 amide bonds. The molecule has 0 saturated carbocycles. The van der Waals surface area contributed by atoms with Crippen molar-refractivity contribution in [1.29, 1.82) is 0 Å². The second-order valence-electron chi connectivity index (χ2n) is 6.82. The van der Waals surface area contributed by atoms with E-state index in [9.17, 15) is 9.59 Å². The fourth-order valence-corrected chi connectivity index (χ4v) is 2.74. The molecule has 0 aliphatic carbocycles. The van der Waals surface area contributed by atoms with E-state index < -0.39 is 18.0 Å². The first-order chi connectivity index (χ1) is 14.4. The van der Waals surface area contributed by atoms with Crippen LogP contribution in [-0.2, 0) is 16.0 Å². The van der Waals surface area contributed by atoms with Gasteiger partial charge in [0.05, 0.1) is 13.0 Å². The smallest absolute Gasteiger partial charge is 0.328 e. The third kappa shape index (κ3) is 5.66. The lowest BCUT2D eigenvalue weighted by Gasteiger charge is -2.13. The molecule has 0 aliphatic heterocycles. The molecule has 0 saturated heterocycles. The summed E-state index contributed by atoms with van der Waals surface area (Å²) in [5.41, 5.74) is 3.47. The van der Waals surface area contributed by atoms with E-state index >= 15 is 0 Å². The summed E-state index contributed by atoms with van der Waals surface area (Å²) in [4.78, 5) is 23.8. The highest BCUT2D eigenvalue weighted by atomic mass is 16.5. The van der Waals surface area contributed by atoms with Crippen molar-refractivity contribution in [1.82, 2.24) is 15.5 Å². The van der Waals surface area contributed by atoms with Gasteiger partial charge in [-0.3, -0.25) is 0 Å². The number of aromatic nitrogens is 2. The SMILES string of the molecule is CCOC(=O)C(C)NC(=O)Nc1cccc(-c2nnc(Cc3ccc(C)cc3)o2)c1. The molecule has 0 fully saturated rings. The molecule has 156 valence electrons. The quantitative estimate of drug-likeness (QED) is 0.577. The fourth-order valence-electron chi connectivity index (χ4n) is 2.74. The van der Waals surface area contributed by atoms with Gasteiger partial charge >= 0.3 is 12.0 Å². The van der Waals surface area contributed by atoms with Gasteiger partial charge in [-0.15, -0.1) is 10.2 Å². The maximum atomic E-state index is 12.1. The number of ether oxygens (including phenoxy) is 1. The maximum Gasteiger partial charge on any atom is 0.328 e. The summed E-state index contributed by atoms with van der Waals surface area (Å²) in [6.07, 6.45) is 0.541. The van der Waals surface area contributed by atoms with Crippen LogP contribution in [-0.4, -0.2) is 34.8 Å². The Hall–Kier alpha value is -3.68. The highest BCUT2D eigenvalue weighted by Gasteiger charge is 2.17. The minimum atomic E-state index is -0.756. The zero-order chi connectivity index (χ0) is 21.5. The number of esters is 1. The van der Waals surface area contributed by atoms with Gasteiger partial charge in [-0.05, 0) is 44.5 Å². The molecule has 2 aromatic carbocycles. The number of carbonyl (C=O) groups is 2. The topological polar surface area (TPSA) is 106 Å². The summed E-state index contributed by atoms with van der Waals surface area (Å²) in [6.45, 7) is 5.56. The molecule has 3 rings (SSSR count). The molecule has 0 aliphatic rings. The van der Waals surface area contributed by atoms with E-state index in [4.69, 9.17) is 9.15 Å². The van der Waals surface area contributed by atoms with Gasteiger partial charge in [0.25, 0.3) is 0 Å². The predicted octanol–water partition coefficient (Wildman–Crippen LogP) is 3.71. The van der Waals surface area contributed by atoms with E-state index in [2.05, 4.69) is 20.8 Å². The molecule has 2 N–H and O–H groups in total. The van der Waals surface area contributed by atoms with Crippen molar-refractivity contribution in [2.24, 2.45) is 0 Å². The Kier molecular flexibility index (Phi) is 6.79. The number of aryl methyl sites for hydroxylation is 1. The molecule has 3 aromatic rings. The second-order valence-corrected chi connectivity index (χ2v) is 6.82. The van der Waals surface area contributed by atoms with Crippen LogP contribution in [0.15, 0.2) is 52.9 Å². The summed E-state index contributed by atoms with van der Waals surface area (Å²) >= 11 is 0. The lowest BCUT2D eigenvalue weighted by atomic mass is 10.1. The van der Waals surface area contributed by atoms with E-state index in [1.165, 1.54) is 5.56 Å². The van der Waals surface area contributed by atoms with Crippen LogP contribution in [0.3, 0.4) is 0 Å². The predicted molar refractivity (Wildman–Crippen MR) is 112 cm³/mol. The Morgan fingerprint density at radius 2 is 1.90 bits per heavy atom. The van der Waals surface area contributed by atoms with Gasteiger partial charge in [0.2, 0.25) is 11.8 Å². The third-order valence-electron chi connectivity index (χ3n) is 4.30. The van der Waals surface area contributed by atoms with E-state index in [-0.39, 0.29) is 6.61 Å². The van der Waals surface area contributed by atoms with Crippen molar-refractivity contribution in [2.45, 2.75) is 33.2 Å². The molecular weight excluding hydrogens is 384 g/mol. The van der Waals surface area contributed by atoms with E-state index in [1.54, 1.807) is 32.0 Å². The molecule has 0 spiro atoms. The van der Waals surface area contributed by atoms with Gasteiger partial charge in [-0.2, -0.15) is 0 Å². The number of hydrogen-bond donors (Lipinski definition) is 2. The minimum Gasteiger partial charge on any atom is -0.464 e. The Bertz CT molecular complexity index is 1010. The summed E-state index contributed by atoms with van der Waals surface area (Å²) in [6, 6.07) is 13.9. The number of anilines is 1. The molecule has 8 heteroatoms. The molecule has 8 nitrogen and oxygen atoms in total.